The number of ether oxygens (including phenoxy) is 8. The second kappa shape index (κ2) is 22.5. The van der Waals surface area contributed by atoms with Gasteiger partial charge in [0.25, 0.3) is 0 Å². The second-order valence-corrected chi connectivity index (χ2v) is 25.8. The van der Waals surface area contributed by atoms with Crippen molar-refractivity contribution >= 4 is 17.9 Å². The Morgan fingerprint density at radius 1 is 0.684 bits per heavy atom. The number of carbonyl (C=O) groups excluding carboxylic acids is 2. The lowest BCUT2D eigenvalue weighted by atomic mass is 9.33. The molecule has 5 aliphatic carbocycles. The molecule has 3 aliphatic heterocycles. The van der Waals surface area contributed by atoms with Gasteiger partial charge < -0.3 is 94.1 Å². The number of carboxylic acid groups (broad SMARTS) is 1. The van der Waals surface area contributed by atoms with Gasteiger partial charge in [-0.3, -0.25) is 0 Å². The molecular formula is C57H88O22. The zero-order valence-electron chi connectivity index (χ0n) is 47.3. The Labute approximate surface area is 461 Å². The van der Waals surface area contributed by atoms with E-state index in [-0.39, 0.29) is 24.7 Å². The number of aliphatic hydroxyl groups is 10. The van der Waals surface area contributed by atoms with Crippen molar-refractivity contribution < 1.29 is 108 Å². The van der Waals surface area contributed by atoms with Crippen LogP contribution in [0.15, 0.2) is 34.9 Å². The summed E-state index contributed by atoms with van der Waals surface area (Å²) < 4.78 is 49.2. The number of fused-ring (bicyclic) bond motifs is 7. The van der Waals surface area contributed by atoms with Gasteiger partial charge in [-0.25, -0.2) is 14.4 Å². The van der Waals surface area contributed by atoms with Crippen LogP contribution in [0, 0.1) is 50.2 Å². The van der Waals surface area contributed by atoms with Gasteiger partial charge in [0, 0.05) is 22.0 Å². The highest BCUT2D eigenvalue weighted by Gasteiger charge is 2.74. The Kier molecular flexibility index (Phi) is 17.7. The fourth-order valence-electron chi connectivity index (χ4n) is 16.1. The molecule has 26 unspecified atom stereocenters. The van der Waals surface area contributed by atoms with E-state index >= 15 is 0 Å². The molecule has 3 heterocycles. The van der Waals surface area contributed by atoms with E-state index in [2.05, 4.69) is 26.8 Å². The number of aliphatic carboxylic acids is 1. The summed E-state index contributed by atoms with van der Waals surface area (Å²) in [7, 11) is 0. The van der Waals surface area contributed by atoms with Crippen molar-refractivity contribution in [3.63, 3.8) is 0 Å². The Morgan fingerprint density at radius 2 is 1.29 bits per heavy atom. The molecule has 3 saturated heterocycles. The van der Waals surface area contributed by atoms with E-state index in [0.29, 0.717) is 43.3 Å². The lowest BCUT2D eigenvalue weighted by Crippen LogP contribution is -2.72. The third-order valence-electron chi connectivity index (χ3n) is 21.3. The second-order valence-electron chi connectivity index (χ2n) is 25.8. The maximum absolute atomic E-state index is 13.8. The van der Waals surface area contributed by atoms with Crippen LogP contribution in [0.2, 0.25) is 0 Å². The van der Waals surface area contributed by atoms with Crippen LogP contribution in [-0.2, 0) is 52.3 Å². The summed E-state index contributed by atoms with van der Waals surface area (Å²) in [4.78, 5) is 40.3. The minimum absolute atomic E-state index is 0.0653. The molecule has 0 aromatic carbocycles. The molecule has 0 aromatic rings. The van der Waals surface area contributed by atoms with Crippen molar-refractivity contribution in [3.8, 4) is 0 Å². The number of allylic oxidation sites excluding steroid dienone is 4. The van der Waals surface area contributed by atoms with Crippen LogP contribution in [0.1, 0.15) is 121 Å². The third-order valence-corrected chi connectivity index (χ3v) is 21.3. The van der Waals surface area contributed by atoms with E-state index in [1.807, 2.05) is 20.8 Å². The average molecular weight is 1130 g/mol. The quantitative estimate of drug-likeness (QED) is 0.0536. The average Bonchev–Trinajstić information content (AvgIpc) is 3.52. The summed E-state index contributed by atoms with van der Waals surface area (Å²) in [6, 6.07) is 0. The van der Waals surface area contributed by atoms with Crippen LogP contribution in [-0.4, -0.2) is 204 Å². The van der Waals surface area contributed by atoms with E-state index in [4.69, 9.17) is 37.9 Å². The SMILES string of the molecule is CC=C(C)C(=O)OC1C(OC(=O)C(C)=CC)C2(CO)C(O)CC3(C)C(=CCC4C5(C)CCC(OC6OC(C(=O)O)C(O)C(OC7OC(C)C(O)C(O)C7O)C6OC6OCC(O)C(O)C6O)C(C)(CO)C5CCC43C)C2CC1(C)C. The summed E-state index contributed by atoms with van der Waals surface area (Å²) in [5.74, 6) is -3.76. The number of carbonyl (C=O) groups is 3. The maximum Gasteiger partial charge on any atom is 0.335 e. The minimum atomic E-state index is -2.11. The van der Waals surface area contributed by atoms with Gasteiger partial charge in [-0.05, 0) is 114 Å². The van der Waals surface area contributed by atoms with Gasteiger partial charge in [-0.2, -0.15) is 0 Å². The highest BCUT2D eigenvalue weighted by Crippen LogP contribution is 2.76. The van der Waals surface area contributed by atoms with Crippen LogP contribution in [0.3, 0.4) is 0 Å². The lowest BCUT2D eigenvalue weighted by Gasteiger charge is -2.72. The molecule has 26 atom stereocenters. The largest absolute Gasteiger partial charge is 0.479 e. The molecule has 79 heavy (non-hydrogen) atoms. The molecule has 8 aliphatic rings. The van der Waals surface area contributed by atoms with Crippen LogP contribution in [0.5, 0.6) is 0 Å². The van der Waals surface area contributed by atoms with Crippen LogP contribution >= 0.6 is 0 Å². The normalized spacial score (nSPS) is 49.9. The number of esters is 2. The summed E-state index contributed by atoms with van der Waals surface area (Å²) in [6.07, 6.45) is -20.6. The van der Waals surface area contributed by atoms with Crippen LogP contribution < -0.4 is 0 Å². The lowest BCUT2D eigenvalue weighted by molar-refractivity contribution is -0.391. The summed E-state index contributed by atoms with van der Waals surface area (Å²) in [6.45, 7) is 19.0. The summed E-state index contributed by atoms with van der Waals surface area (Å²) >= 11 is 0. The Hall–Kier alpha value is -3.01. The van der Waals surface area contributed by atoms with E-state index in [9.17, 15) is 70.6 Å². The van der Waals surface area contributed by atoms with Gasteiger partial charge in [0.15, 0.2) is 31.1 Å². The van der Waals surface area contributed by atoms with Gasteiger partial charge in [0.1, 0.15) is 61.0 Å². The zero-order valence-corrected chi connectivity index (χ0v) is 47.3. The van der Waals surface area contributed by atoms with Crippen LogP contribution in [0.25, 0.3) is 0 Å². The van der Waals surface area contributed by atoms with E-state index in [1.54, 1.807) is 39.8 Å². The molecule has 4 saturated carbocycles. The number of aliphatic hydroxyl groups excluding tert-OH is 10. The van der Waals surface area contributed by atoms with Crippen LogP contribution in [0.4, 0.5) is 0 Å². The van der Waals surface area contributed by atoms with Crippen molar-refractivity contribution in [2.75, 3.05) is 19.8 Å². The molecule has 22 nitrogen and oxygen atoms in total. The Morgan fingerprint density at radius 3 is 1.89 bits per heavy atom. The molecule has 0 amide bonds. The fraction of sp³-hybridized carbons (Fsp3) is 0.842. The standard InChI is InChI=1S/C57H88O22/c1-12-25(3)47(70)78-44-45(79-48(71)26(4)13-2)57(24-59)29(20-52(44,6)7)28-14-15-32-53(8)18-17-34(54(9,23-58)31(53)16-19-55(32,10)56(28,11)21-33(57)61)74-51-43(77-49-38(65)36(63)30(60)22-72-49)41(40(67)42(76-51)46(68)69)75-50-39(66)37(64)35(62)27(5)73-50/h12-14,27,29-45,49-51,58-67H,15-24H2,1-11H3,(H,68,69). The van der Waals surface area contributed by atoms with Gasteiger partial charge in [0.05, 0.1) is 43.5 Å². The Balaban J connectivity index is 1.14. The first kappa shape index (κ1) is 62.0. The van der Waals surface area contributed by atoms with Gasteiger partial charge in [-0.1, -0.05) is 65.3 Å². The summed E-state index contributed by atoms with van der Waals surface area (Å²) in [5.41, 5.74) is -3.41. The van der Waals surface area contributed by atoms with Gasteiger partial charge in [0.2, 0.25) is 0 Å². The molecule has 448 valence electrons. The van der Waals surface area contributed by atoms with Gasteiger partial charge in [-0.15, -0.1) is 0 Å². The predicted molar refractivity (Wildman–Crippen MR) is 275 cm³/mol. The molecule has 22 heteroatoms. The topological polar surface area (TPSA) is 348 Å². The summed E-state index contributed by atoms with van der Waals surface area (Å²) in [5, 5.41) is 123. The third kappa shape index (κ3) is 9.99. The predicted octanol–water partition coefficient (Wildman–Crippen LogP) is 1.29. The Bertz CT molecular complexity index is 2360. The number of rotatable bonds is 13. The van der Waals surface area contributed by atoms with Gasteiger partial charge >= 0.3 is 17.9 Å². The van der Waals surface area contributed by atoms with E-state index in [1.165, 1.54) is 6.92 Å². The highest BCUT2D eigenvalue weighted by molar-refractivity contribution is 5.89. The van der Waals surface area contributed by atoms with Crippen molar-refractivity contribution in [2.24, 2.45) is 50.2 Å². The fourth-order valence-corrected chi connectivity index (χ4v) is 16.1. The molecule has 11 N–H and O–H groups in total. The molecule has 0 radical (unpaired) electrons. The smallest absolute Gasteiger partial charge is 0.335 e. The molecule has 8 rings (SSSR count). The first-order chi connectivity index (χ1) is 36.9. The number of carboxylic acids is 1. The number of hydrogen-bond donors (Lipinski definition) is 11. The van der Waals surface area contributed by atoms with Crippen molar-refractivity contribution in [1.82, 2.24) is 0 Å². The monoisotopic (exact) mass is 1120 g/mol. The van der Waals surface area contributed by atoms with Crippen molar-refractivity contribution in [1.29, 1.82) is 0 Å². The highest BCUT2D eigenvalue weighted by atomic mass is 16.8. The molecule has 0 bridgehead atoms. The first-order valence-corrected chi connectivity index (χ1v) is 28.0. The van der Waals surface area contributed by atoms with Crippen molar-refractivity contribution in [3.05, 3.63) is 34.9 Å². The first-order valence-electron chi connectivity index (χ1n) is 28.0. The minimum Gasteiger partial charge on any atom is -0.479 e. The van der Waals surface area contributed by atoms with E-state index < -0.39 is 187 Å². The molecular weight excluding hydrogens is 1040 g/mol. The van der Waals surface area contributed by atoms with Crippen molar-refractivity contribution in [2.45, 2.75) is 232 Å². The maximum atomic E-state index is 13.8. The molecule has 0 aromatic heterocycles. The van der Waals surface area contributed by atoms with E-state index in [0.717, 1.165) is 5.57 Å². The molecule has 7 fully saturated rings. The molecule has 0 spiro atoms. The number of hydrogen-bond acceptors (Lipinski definition) is 21. The zero-order chi connectivity index (χ0) is 58.4.